The number of hydrogen-bond acceptors (Lipinski definition) is 6. The number of aromatic nitrogens is 2. The Labute approximate surface area is 119 Å². The maximum atomic E-state index is 13.4. The average Bonchev–Trinajstić information content (AvgIpc) is 2.98. The zero-order chi connectivity index (χ0) is 13.9. The largest absolute Gasteiger partial charge is 0.494 e. The summed E-state index contributed by atoms with van der Waals surface area (Å²) in [6, 6.07) is 4.58. The lowest BCUT2D eigenvalue weighted by molar-refractivity contribution is 0.342. The molecule has 0 bridgehead atoms. The van der Waals surface area contributed by atoms with E-state index in [1.54, 1.807) is 12.1 Å². The highest BCUT2D eigenvalue weighted by molar-refractivity contribution is 7.99. The van der Waals surface area contributed by atoms with Crippen LogP contribution in [0.2, 0.25) is 0 Å². The van der Waals surface area contributed by atoms with Crippen molar-refractivity contribution in [3.63, 3.8) is 0 Å². The Morgan fingerprint density at radius 2 is 2.40 bits per heavy atom. The van der Waals surface area contributed by atoms with Crippen molar-refractivity contribution in [2.45, 2.75) is 6.04 Å². The van der Waals surface area contributed by atoms with Crippen LogP contribution in [0.15, 0.2) is 22.7 Å². The quantitative estimate of drug-likeness (QED) is 0.937. The molecule has 7 heteroatoms. The lowest BCUT2D eigenvalue weighted by Crippen LogP contribution is -2.30. The first-order valence-corrected chi connectivity index (χ1v) is 7.42. The van der Waals surface area contributed by atoms with Gasteiger partial charge in [0.25, 0.3) is 0 Å². The van der Waals surface area contributed by atoms with Gasteiger partial charge in [-0.1, -0.05) is 5.16 Å². The van der Waals surface area contributed by atoms with Gasteiger partial charge < -0.3 is 14.6 Å². The van der Waals surface area contributed by atoms with Crippen LogP contribution in [0.3, 0.4) is 0 Å². The third kappa shape index (κ3) is 2.64. The number of methoxy groups -OCH3 is 1. The number of nitrogens with zero attached hydrogens (tertiary/aromatic N) is 2. The summed E-state index contributed by atoms with van der Waals surface area (Å²) in [5.74, 6) is 2.76. The summed E-state index contributed by atoms with van der Waals surface area (Å²) in [6.45, 7) is 0.928. The fourth-order valence-electron chi connectivity index (χ4n) is 2.02. The van der Waals surface area contributed by atoms with Gasteiger partial charge in [0.2, 0.25) is 11.7 Å². The predicted molar refractivity (Wildman–Crippen MR) is 74.3 cm³/mol. The van der Waals surface area contributed by atoms with Crippen molar-refractivity contribution in [2.75, 3.05) is 25.2 Å². The zero-order valence-corrected chi connectivity index (χ0v) is 11.7. The summed E-state index contributed by atoms with van der Waals surface area (Å²) in [4.78, 5) is 4.38. The number of halogens is 1. The molecule has 1 atom stereocenters. The van der Waals surface area contributed by atoms with Gasteiger partial charge in [-0.2, -0.15) is 16.7 Å². The summed E-state index contributed by atoms with van der Waals surface area (Å²) in [5.41, 5.74) is 0.668. The fraction of sp³-hybridized carbons (Fsp3) is 0.385. The molecule has 0 spiro atoms. The molecular weight excluding hydrogens is 281 g/mol. The molecule has 1 aliphatic rings. The minimum absolute atomic E-state index is 0.0809. The van der Waals surface area contributed by atoms with E-state index < -0.39 is 5.82 Å². The molecule has 1 unspecified atom stereocenters. The number of benzene rings is 1. The Kier molecular flexibility index (Phi) is 3.88. The Hall–Kier alpha value is -1.60. The Balaban J connectivity index is 1.85. The van der Waals surface area contributed by atoms with E-state index >= 15 is 0 Å². The van der Waals surface area contributed by atoms with E-state index in [1.807, 2.05) is 11.8 Å². The molecular formula is C13H14FN3O2S. The van der Waals surface area contributed by atoms with Gasteiger partial charge >= 0.3 is 0 Å². The third-order valence-electron chi connectivity index (χ3n) is 3.07. The Bertz CT molecular complexity index is 599. The van der Waals surface area contributed by atoms with Crippen molar-refractivity contribution in [1.29, 1.82) is 0 Å². The highest BCUT2D eigenvalue weighted by Gasteiger charge is 2.22. The average molecular weight is 295 g/mol. The van der Waals surface area contributed by atoms with E-state index in [-0.39, 0.29) is 11.8 Å². The summed E-state index contributed by atoms with van der Waals surface area (Å²) in [5, 5.41) is 7.28. The standard InChI is InChI=1S/C13H14FN3O2S/c1-18-11-6-8(2-3-9(11)14)12-16-13(19-17-12)10-7-20-5-4-15-10/h2-3,6,10,15H,4-5,7H2,1H3. The molecule has 1 aromatic carbocycles. The van der Waals surface area contributed by atoms with Crippen LogP contribution in [0.1, 0.15) is 11.9 Å². The van der Waals surface area contributed by atoms with Crippen molar-refractivity contribution < 1.29 is 13.7 Å². The van der Waals surface area contributed by atoms with E-state index in [1.165, 1.54) is 13.2 Å². The summed E-state index contributed by atoms with van der Waals surface area (Å²) in [7, 11) is 1.42. The van der Waals surface area contributed by atoms with Gasteiger partial charge in [-0.25, -0.2) is 4.39 Å². The highest BCUT2D eigenvalue weighted by atomic mass is 32.2. The maximum Gasteiger partial charge on any atom is 0.244 e. The molecule has 1 saturated heterocycles. The van der Waals surface area contributed by atoms with Crippen LogP contribution in [-0.4, -0.2) is 35.3 Å². The second kappa shape index (κ2) is 5.80. The molecule has 1 aliphatic heterocycles. The molecule has 3 rings (SSSR count). The lowest BCUT2D eigenvalue weighted by atomic mass is 10.2. The SMILES string of the molecule is COc1cc(-c2noc(C3CSCCN3)n2)ccc1F. The van der Waals surface area contributed by atoms with Crippen molar-refractivity contribution in [3.8, 4) is 17.1 Å². The second-order valence-electron chi connectivity index (χ2n) is 4.39. The molecule has 1 N–H and O–H groups in total. The second-order valence-corrected chi connectivity index (χ2v) is 5.54. The minimum atomic E-state index is -0.412. The number of thioether (sulfide) groups is 1. The van der Waals surface area contributed by atoms with Gasteiger partial charge in [0.1, 0.15) is 0 Å². The lowest BCUT2D eigenvalue weighted by Gasteiger charge is -2.19. The Morgan fingerprint density at radius 3 is 3.15 bits per heavy atom. The van der Waals surface area contributed by atoms with Crippen LogP contribution in [0.4, 0.5) is 4.39 Å². The molecule has 5 nitrogen and oxygen atoms in total. The first-order valence-electron chi connectivity index (χ1n) is 6.26. The van der Waals surface area contributed by atoms with Crippen LogP contribution in [0.5, 0.6) is 5.75 Å². The van der Waals surface area contributed by atoms with Gasteiger partial charge in [-0.3, -0.25) is 0 Å². The molecule has 1 fully saturated rings. The highest BCUT2D eigenvalue weighted by Crippen LogP contribution is 2.26. The van der Waals surface area contributed by atoms with Crippen LogP contribution in [0.25, 0.3) is 11.4 Å². The molecule has 106 valence electrons. The third-order valence-corrected chi connectivity index (χ3v) is 4.13. The minimum Gasteiger partial charge on any atom is -0.494 e. The molecule has 2 heterocycles. The molecule has 1 aromatic heterocycles. The van der Waals surface area contributed by atoms with E-state index in [4.69, 9.17) is 9.26 Å². The molecule has 20 heavy (non-hydrogen) atoms. The topological polar surface area (TPSA) is 60.2 Å². The summed E-state index contributed by atoms with van der Waals surface area (Å²) < 4.78 is 23.6. The predicted octanol–water partition coefficient (Wildman–Crippen LogP) is 2.26. The molecule has 2 aromatic rings. The van der Waals surface area contributed by atoms with Gasteiger partial charge in [-0.15, -0.1) is 0 Å². The summed E-state index contributed by atoms with van der Waals surface area (Å²) >= 11 is 1.85. The molecule has 0 aliphatic carbocycles. The number of rotatable bonds is 3. The van der Waals surface area contributed by atoms with Gasteiger partial charge in [-0.05, 0) is 18.2 Å². The van der Waals surface area contributed by atoms with Gasteiger partial charge in [0.05, 0.1) is 13.2 Å². The van der Waals surface area contributed by atoms with Crippen molar-refractivity contribution >= 4 is 11.8 Å². The van der Waals surface area contributed by atoms with Crippen molar-refractivity contribution in [3.05, 3.63) is 29.9 Å². The Morgan fingerprint density at radius 1 is 1.50 bits per heavy atom. The van der Waals surface area contributed by atoms with Crippen LogP contribution in [0, 0.1) is 5.82 Å². The van der Waals surface area contributed by atoms with Gasteiger partial charge in [0.15, 0.2) is 11.6 Å². The molecule has 0 amide bonds. The van der Waals surface area contributed by atoms with E-state index in [0.29, 0.717) is 17.3 Å². The smallest absolute Gasteiger partial charge is 0.244 e. The van der Waals surface area contributed by atoms with E-state index in [9.17, 15) is 4.39 Å². The number of ether oxygens (including phenoxy) is 1. The van der Waals surface area contributed by atoms with Crippen LogP contribution >= 0.6 is 11.8 Å². The maximum absolute atomic E-state index is 13.4. The molecule has 0 saturated carbocycles. The van der Waals surface area contributed by atoms with Crippen LogP contribution in [-0.2, 0) is 0 Å². The van der Waals surface area contributed by atoms with E-state index in [2.05, 4.69) is 15.5 Å². The molecule has 0 radical (unpaired) electrons. The zero-order valence-electron chi connectivity index (χ0n) is 10.9. The monoisotopic (exact) mass is 295 g/mol. The van der Waals surface area contributed by atoms with Crippen LogP contribution < -0.4 is 10.1 Å². The normalized spacial score (nSPS) is 19.0. The first kappa shape index (κ1) is 13.4. The van der Waals surface area contributed by atoms with Crippen molar-refractivity contribution in [2.24, 2.45) is 0 Å². The fourth-order valence-corrected chi connectivity index (χ4v) is 2.94. The summed E-state index contributed by atoms with van der Waals surface area (Å²) in [6.07, 6.45) is 0. The van der Waals surface area contributed by atoms with Crippen molar-refractivity contribution in [1.82, 2.24) is 15.5 Å². The number of nitrogens with one attached hydrogen (secondary N) is 1. The van der Waals surface area contributed by atoms with Gasteiger partial charge in [0, 0.05) is 23.6 Å². The van der Waals surface area contributed by atoms with E-state index in [0.717, 1.165) is 18.1 Å². The first-order chi connectivity index (χ1) is 9.78. The number of hydrogen-bond donors (Lipinski definition) is 1.